The minimum absolute atomic E-state index is 0.189. The van der Waals surface area contributed by atoms with E-state index in [4.69, 9.17) is 0 Å². The molecule has 1 fully saturated rings. The van der Waals surface area contributed by atoms with Gasteiger partial charge in [-0.3, -0.25) is 0 Å². The highest BCUT2D eigenvalue weighted by Crippen LogP contribution is 2.41. The molecule has 3 atom stereocenters. The lowest BCUT2D eigenvalue weighted by Crippen LogP contribution is -2.42. The van der Waals surface area contributed by atoms with Gasteiger partial charge in [0.2, 0.25) is 0 Å². The third-order valence-corrected chi connectivity index (χ3v) is 4.13. The summed E-state index contributed by atoms with van der Waals surface area (Å²) in [5, 5.41) is 3.48. The van der Waals surface area contributed by atoms with Crippen molar-refractivity contribution in [3.05, 3.63) is 0 Å². The Bertz CT molecular complexity index is 250. The van der Waals surface area contributed by atoms with E-state index >= 15 is 0 Å². The molecule has 3 unspecified atom stereocenters. The van der Waals surface area contributed by atoms with Crippen molar-refractivity contribution in [1.29, 1.82) is 0 Å². The quantitative estimate of drug-likeness (QED) is 0.738. The summed E-state index contributed by atoms with van der Waals surface area (Å²) in [6.07, 6.45) is 0.308. The van der Waals surface area contributed by atoms with Crippen molar-refractivity contribution in [1.82, 2.24) is 5.32 Å². The van der Waals surface area contributed by atoms with Gasteiger partial charge < -0.3 is 5.32 Å². The zero-order valence-electron chi connectivity index (χ0n) is 12.4. The topological polar surface area (TPSA) is 12.0 Å². The van der Waals surface area contributed by atoms with Crippen LogP contribution in [0.2, 0.25) is 0 Å². The smallest absolute Gasteiger partial charge is 0.314 e. The van der Waals surface area contributed by atoms with Gasteiger partial charge in [0.05, 0.1) is 5.92 Å². The van der Waals surface area contributed by atoms with Crippen LogP contribution in [0.3, 0.4) is 0 Å². The zero-order chi connectivity index (χ0) is 14.5. The number of hydrogen-bond donors (Lipinski definition) is 1. The number of halogens is 3. The van der Waals surface area contributed by atoms with E-state index in [-0.39, 0.29) is 12.0 Å². The maximum absolute atomic E-state index is 12.9. The maximum atomic E-state index is 12.9. The van der Waals surface area contributed by atoms with E-state index in [9.17, 15) is 13.2 Å². The second-order valence-corrected chi connectivity index (χ2v) is 6.36. The first-order chi connectivity index (χ1) is 8.84. The van der Waals surface area contributed by atoms with Crippen LogP contribution in [0.15, 0.2) is 0 Å². The molecule has 0 spiro atoms. The molecule has 1 rings (SSSR count). The second-order valence-electron chi connectivity index (χ2n) is 6.36. The first-order valence-electron chi connectivity index (χ1n) is 7.64. The SMILES string of the molecule is CCCNC(CC(C)C)C1CCCC(C(F)(F)F)C1. The van der Waals surface area contributed by atoms with E-state index < -0.39 is 12.1 Å². The summed E-state index contributed by atoms with van der Waals surface area (Å²) in [6, 6.07) is 0.255. The van der Waals surface area contributed by atoms with Gasteiger partial charge in [0, 0.05) is 6.04 Å². The molecular formula is C15H28F3N. The molecule has 0 radical (unpaired) electrons. The summed E-state index contributed by atoms with van der Waals surface area (Å²) >= 11 is 0. The van der Waals surface area contributed by atoms with Crippen LogP contribution in [0.1, 0.15) is 59.3 Å². The van der Waals surface area contributed by atoms with Crippen LogP contribution >= 0.6 is 0 Å². The predicted octanol–water partition coefficient (Wildman–Crippen LogP) is 4.77. The van der Waals surface area contributed by atoms with E-state index in [1.807, 2.05) is 0 Å². The molecule has 114 valence electrons. The zero-order valence-corrected chi connectivity index (χ0v) is 12.4. The molecule has 1 aliphatic carbocycles. The predicted molar refractivity (Wildman–Crippen MR) is 73.0 cm³/mol. The summed E-state index contributed by atoms with van der Waals surface area (Å²) in [7, 11) is 0. The Labute approximate surface area is 115 Å². The molecule has 1 nitrogen and oxygen atoms in total. The van der Waals surface area contributed by atoms with Crippen molar-refractivity contribution in [3.63, 3.8) is 0 Å². The van der Waals surface area contributed by atoms with Gasteiger partial charge >= 0.3 is 6.18 Å². The second kappa shape index (κ2) is 7.51. The van der Waals surface area contributed by atoms with E-state index in [2.05, 4.69) is 26.1 Å². The number of nitrogens with one attached hydrogen (secondary N) is 1. The van der Waals surface area contributed by atoms with Gasteiger partial charge in [-0.1, -0.05) is 27.2 Å². The highest BCUT2D eigenvalue weighted by Gasteiger charge is 2.43. The minimum Gasteiger partial charge on any atom is -0.314 e. The van der Waals surface area contributed by atoms with Crippen LogP contribution in [0.25, 0.3) is 0 Å². The van der Waals surface area contributed by atoms with Crippen LogP contribution < -0.4 is 5.32 Å². The summed E-state index contributed by atoms with van der Waals surface area (Å²) in [5.41, 5.74) is 0. The van der Waals surface area contributed by atoms with Crippen molar-refractivity contribution >= 4 is 0 Å². The molecule has 1 N–H and O–H groups in total. The summed E-state index contributed by atoms with van der Waals surface area (Å²) in [5.74, 6) is -0.362. The molecule has 0 aromatic carbocycles. The van der Waals surface area contributed by atoms with Crippen LogP contribution in [0.4, 0.5) is 13.2 Å². The van der Waals surface area contributed by atoms with Gasteiger partial charge in [0.1, 0.15) is 0 Å². The van der Waals surface area contributed by atoms with Gasteiger partial charge in [-0.05, 0) is 50.5 Å². The van der Waals surface area contributed by atoms with E-state index in [0.29, 0.717) is 18.8 Å². The van der Waals surface area contributed by atoms with Crippen molar-refractivity contribution in [2.45, 2.75) is 71.5 Å². The monoisotopic (exact) mass is 279 g/mol. The normalized spacial score (nSPS) is 26.7. The van der Waals surface area contributed by atoms with Crippen molar-refractivity contribution in [2.75, 3.05) is 6.54 Å². The third kappa shape index (κ3) is 5.72. The fourth-order valence-electron chi connectivity index (χ4n) is 3.17. The average molecular weight is 279 g/mol. The third-order valence-electron chi connectivity index (χ3n) is 4.13. The standard InChI is InChI=1S/C15H28F3N/c1-4-8-19-14(9-11(2)3)12-6-5-7-13(10-12)15(16,17)18/h11-14,19H,4-10H2,1-3H3. The van der Waals surface area contributed by atoms with Gasteiger partial charge in [-0.25, -0.2) is 0 Å². The Kier molecular flexibility index (Phi) is 6.64. The molecule has 0 aromatic rings. The van der Waals surface area contributed by atoms with Gasteiger partial charge in [-0.15, -0.1) is 0 Å². The van der Waals surface area contributed by atoms with E-state index in [1.165, 1.54) is 0 Å². The first-order valence-corrected chi connectivity index (χ1v) is 7.64. The average Bonchev–Trinajstić information content (AvgIpc) is 2.33. The highest BCUT2D eigenvalue weighted by molar-refractivity contribution is 4.85. The molecule has 0 heterocycles. The summed E-state index contributed by atoms with van der Waals surface area (Å²) in [6.45, 7) is 7.29. The minimum atomic E-state index is -4.01. The molecule has 0 amide bonds. The largest absolute Gasteiger partial charge is 0.391 e. The van der Waals surface area contributed by atoms with Crippen molar-refractivity contribution in [3.8, 4) is 0 Å². The van der Waals surface area contributed by atoms with Crippen LogP contribution in [0.5, 0.6) is 0 Å². The Hall–Kier alpha value is -0.250. The molecular weight excluding hydrogens is 251 g/mol. The summed E-state index contributed by atoms with van der Waals surface area (Å²) < 4.78 is 38.6. The number of rotatable bonds is 6. The Morgan fingerprint density at radius 2 is 1.89 bits per heavy atom. The van der Waals surface area contributed by atoms with Gasteiger partial charge in [-0.2, -0.15) is 13.2 Å². The molecule has 0 aliphatic heterocycles. The molecule has 1 aliphatic rings. The van der Waals surface area contributed by atoms with Crippen LogP contribution in [-0.4, -0.2) is 18.8 Å². The highest BCUT2D eigenvalue weighted by atomic mass is 19.4. The maximum Gasteiger partial charge on any atom is 0.391 e. The fraction of sp³-hybridized carbons (Fsp3) is 1.00. The lowest BCUT2D eigenvalue weighted by Gasteiger charge is -2.36. The molecule has 0 aromatic heterocycles. The van der Waals surface area contributed by atoms with E-state index in [0.717, 1.165) is 32.2 Å². The Morgan fingerprint density at radius 1 is 1.21 bits per heavy atom. The number of alkyl halides is 3. The molecule has 1 saturated carbocycles. The molecule has 4 heteroatoms. The van der Waals surface area contributed by atoms with Gasteiger partial charge in [0.15, 0.2) is 0 Å². The Balaban J connectivity index is 2.61. The molecule has 0 saturated heterocycles. The van der Waals surface area contributed by atoms with Crippen LogP contribution in [-0.2, 0) is 0 Å². The first kappa shape index (κ1) is 16.8. The Morgan fingerprint density at radius 3 is 2.42 bits per heavy atom. The van der Waals surface area contributed by atoms with Gasteiger partial charge in [0.25, 0.3) is 0 Å². The fourth-order valence-corrected chi connectivity index (χ4v) is 3.17. The molecule has 0 bridgehead atoms. The van der Waals surface area contributed by atoms with Crippen molar-refractivity contribution in [2.24, 2.45) is 17.8 Å². The van der Waals surface area contributed by atoms with E-state index in [1.54, 1.807) is 0 Å². The lowest BCUT2D eigenvalue weighted by atomic mass is 9.75. The molecule has 19 heavy (non-hydrogen) atoms. The van der Waals surface area contributed by atoms with Crippen molar-refractivity contribution < 1.29 is 13.2 Å². The number of hydrogen-bond acceptors (Lipinski definition) is 1. The summed E-state index contributed by atoms with van der Waals surface area (Å²) in [4.78, 5) is 0. The lowest BCUT2D eigenvalue weighted by molar-refractivity contribution is -0.186. The van der Waals surface area contributed by atoms with Crippen LogP contribution in [0, 0.1) is 17.8 Å².